The molecule has 122 valence electrons. The molecule has 0 bridgehead atoms. The molecule has 2 rings (SSSR count). The van der Waals surface area contributed by atoms with Crippen molar-refractivity contribution in [1.29, 1.82) is 0 Å². The maximum absolute atomic E-state index is 12.3. The Morgan fingerprint density at radius 3 is 2.74 bits per heavy atom. The summed E-state index contributed by atoms with van der Waals surface area (Å²) in [4.78, 5) is 23.7. The molecule has 2 N–H and O–H groups in total. The molecule has 1 heterocycles. The van der Waals surface area contributed by atoms with Crippen molar-refractivity contribution in [2.24, 2.45) is 0 Å². The van der Waals surface area contributed by atoms with Crippen molar-refractivity contribution >= 4 is 17.5 Å². The molecule has 23 heavy (non-hydrogen) atoms. The van der Waals surface area contributed by atoms with E-state index in [9.17, 15) is 9.59 Å². The van der Waals surface area contributed by atoms with Gasteiger partial charge in [-0.3, -0.25) is 9.59 Å². The van der Waals surface area contributed by atoms with Gasteiger partial charge in [0.05, 0.1) is 6.26 Å². The standard InChI is InChI=1S/C18H22N2O3/c1-3-17(21)20-15-7-4-6-14(12-15)18(22)19-13(2)9-10-16-8-5-11-23-16/h4-8,11-13H,3,9-10H2,1-2H3,(H,19,22)(H,20,21). The SMILES string of the molecule is CCC(=O)Nc1cccc(C(=O)NC(C)CCc2ccco2)c1. The van der Waals surface area contributed by atoms with Gasteiger partial charge in [-0.2, -0.15) is 0 Å². The number of hydrogen-bond donors (Lipinski definition) is 2. The zero-order chi connectivity index (χ0) is 16.7. The van der Waals surface area contributed by atoms with Gasteiger partial charge < -0.3 is 15.1 Å². The van der Waals surface area contributed by atoms with Crippen LogP contribution in [0.5, 0.6) is 0 Å². The fourth-order valence-electron chi connectivity index (χ4n) is 2.18. The molecule has 0 radical (unpaired) electrons. The fraction of sp³-hybridized carbons (Fsp3) is 0.333. The molecule has 2 aromatic rings. The maximum atomic E-state index is 12.3. The molecule has 1 aromatic carbocycles. The third kappa shape index (κ3) is 5.29. The molecule has 5 nitrogen and oxygen atoms in total. The number of aryl methyl sites for hydroxylation is 1. The van der Waals surface area contributed by atoms with Crippen LogP contribution in [0, 0.1) is 0 Å². The highest BCUT2D eigenvalue weighted by Crippen LogP contribution is 2.12. The Balaban J connectivity index is 1.89. The molecule has 1 atom stereocenters. The van der Waals surface area contributed by atoms with Crippen molar-refractivity contribution in [2.75, 3.05) is 5.32 Å². The zero-order valence-corrected chi connectivity index (χ0v) is 13.5. The highest BCUT2D eigenvalue weighted by molar-refractivity contribution is 5.97. The number of carbonyl (C=O) groups is 2. The highest BCUT2D eigenvalue weighted by Gasteiger charge is 2.11. The summed E-state index contributed by atoms with van der Waals surface area (Å²) >= 11 is 0. The summed E-state index contributed by atoms with van der Waals surface area (Å²) < 4.78 is 5.28. The molecule has 0 saturated carbocycles. The van der Waals surface area contributed by atoms with E-state index in [1.54, 1.807) is 37.5 Å². The summed E-state index contributed by atoms with van der Waals surface area (Å²) in [5, 5.41) is 5.71. The Hall–Kier alpha value is -2.56. The minimum atomic E-state index is -0.149. The van der Waals surface area contributed by atoms with Crippen molar-refractivity contribution in [3.8, 4) is 0 Å². The van der Waals surface area contributed by atoms with E-state index in [1.165, 1.54) is 0 Å². The van der Waals surface area contributed by atoms with E-state index in [-0.39, 0.29) is 17.9 Å². The van der Waals surface area contributed by atoms with Crippen LogP contribution in [0.2, 0.25) is 0 Å². The van der Waals surface area contributed by atoms with E-state index in [0.29, 0.717) is 17.7 Å². The Bertz CT molecular complexity index is 650. The highest BCUT2D eigenvalue weighted by atomic mass is 16.3. The Morgan fingerprint density at radius 2 is 2.04 bits per heavy atom. The number of nitrogens with one attached hydrogen (secondary N) is 2. The lowest BCUT2D eigenvalue weighted by Gasteiger charge is -2.14. The minimum Gasteiger partial charge on any atom is -0.469 e. The number of rotatable bonds is 7. The Labute approximate surface area is 136 Å². The second-order valence-electron chi connectivity index (χ2n) is 5.48. The smallest absolute Gasteiger partial charge is 0.251 e. The summed E-state index contributed by atoms with van der Waals surface area (Å²) in [7, 11) is 0. The van der Waals surface area contributed by atoms with Crippen LogP contribution in [0.15, 0.2) is 47.1 Å². The van der Waals surface area contributed by atoms with Crippen LogP contribution in [0.1, 0.15) is 42.8 Å². The fourth-order valence-corrected chi connectivity index (χ4v) is 2.18. The first kappa shape index (κ1) is 16.8. The second-order valence-corrected chi connectivity index (χ2v) is 5.48. The molecule has 0 aliphatic rings. The first-order valence-electron chi connectivity index (χ1n) is 7.81. The molecule has 0 saturated heterocycles. The number of anilines is 1. The van der Waals surface area contributed by atoms with Gasteiger partial charge in [-0.1, -0.05) is 13.0 Å². The van der Waals surface area contributed by atoms with Gasteiger partial charge in [-0.05, 0) is 43.7 Å². The number of carbonyl (C=O) groups excluding carboxylic acids is 2. The Kier molecular flexibility index (Phi) is 5.97. The quantitative estimate of drug-likeness (QED) is 0.823. The number of benzene rings is 1. The van der Waals surface area contributed by atoms with Gasteiger partial charge in [0.15, 0.2) is 0 Å². The van der Waals surface area contributed by atoms with Gasteiger partial charge in [-0.25, -0.2) is 0 Å². The summed E-state index contributed by atoms with van der Waals surface area (Å²) in [6, 6.07) is 10.8. The van der Waals surface area contributed by atoms with Crippen LogP contribution in [0.3, 0.4) is 0 Å². The van der Waals surface area contributed by atoms with E-state index >= 15 is 0 Å². The van der Waals surface area contributed by atoms with E-state index in [0.717, 1.165) is 18.6 Å². The predicted octanol–water partition coefficient (Wildman–Crippen LogP) is 3.38. The lowest BCUT2D eigenvalue weighted by molar-refractivity contribution is -0.115. The predicted molar refractivity (Wildman–Crippen MR) is 89.3 cm³/mol. The van der Waals surface area contributed by atoms with Crippen molar-refractivity contribution < 1.29 is 14.0 Å². The van der Waals surface area contributed by atoms with Crippen LogP contribution >= 0.6 is 0 Å². The van der Waals surface area contributed by atoms with E-state index in [2.05, 4.69) is 10.6 Å². The molecular weight excluding hydrogens is 292 g/mol. The van der Waals surface area contributed by atoms with Crippen LogP contribution in [0.25, 0.3) is 0 Å². The molecule has 0 aliphatic carbocycles. The monoisotopic (exact) mass is 314 g/mol. The van der Waals surface area contributed by atoms with Crippen LogP contribution in [-0.4, -0.2) is 17.9 Å². The molecule has 0 spiro atoms. The maximum Gasteiger partial charge on any atom is 0.251 e. The van der Waals surface area contributed by atoms with Gasteiger partial charge >= 0.3 is 0 Å². The van der Waals surface area contributed by atoms with Gasteiger partial charge in [0.2, 0.25) is 5.91 Å². The molecule has 1 aromatic heterocycles. The van der Waals surface area contributed by atoms with Crippen LogP contribution in [-0.2, 0) is 11.2 Å². The van der Waals surface area contributed by atoms with Crippen molar-refractivity contribution in [1.82, 2.24) is 5.32 Å². The average Bonchev–Trinajstić information content (AvgIpc) is 3.06. The van der Waals surface area contributed by atoms with E-state index in [1.807, 2.05) is 19.1 Å². The third-order valence-electron chi connectivity index (χ3n) is 3.51. The van der Waals surface area contributed by atoms with Gasteiger partial charge in [0.1, 0.15) is 5.76 Å². The summed E-state index contributed by atoms with van der Waals surface area (Å²) in [5.74, 6) is 0.689. The molecule has 0 aliphatic heterocycles. The molecular formula is C18H22N2O3. The average molecular weight is 314 g/mol. The zero-order valence-electron chi connectivity index (χ0n) is 13.5. The summed E-state index contributed by atoms with van der Waals surface area (Å²) in [6.45, 7) is 3.75. The van der Waals surface area contributed by atoms with E-state index in [4.69, 9.17) is 4.42 Å². The van der Waals surface area contributed by atoms with Crippen molar-refractivity contribution in [3.05, 3.63) is 54.0 Å². The Morgan fingerprint density at radius 1 is 1.22 bits per heavy atom. The van der Waals surface area contributed by atoms with Crippen LogP contribution < -0.4 is 10.6 Å². The first-order valence-corrected chi connectivity index (χ1v) is 7.81. The number of furan rings is 1. The first-order chi connectivity index (χ1) is 11.1. The molecule has 5 heteroatoms. The van der Waals surface area contributed by atoms with Crippen molar-refractivity contribution in [3.63, 3.8) is 0 Å². The topological polar surface area (TPSA) is 71.3 Å². The van der Waals surface area contributed by atoms with Crippen LogP contribution in [0.4, 0.5) is 5.69 Å². The van der Waals surface area contributed by atoms with Gasteiger partial charge in [0, 0.05) is 30.1 Å². The summed E-state index contributed by atoms with van der Waals surface area (Å²) in [5.41, 5.74) is 1.16. The number of hydrogen-bond acceptors (Lipinski definition) is 3. The second kappa shape index (κ2) is 8.17. The van der Waals surface area contributed by atoms with Gasteiger partial charge in [-0.15, -0.1) is 0 Å². The number of amides is 2. The van der Waals surface area contributed by atoms with Gasteiger partial charge in [0.25, 0.3) is 5.91 Å². The molecule has 1 unspecified atom stereocenters. The third-order valence-corrected chi connectivity index (χ3v) is 3.51. The molecule has 0 fully saturated rings. The largest absolute Gasteiger partial charge is 0.469 e. The van der Waals surface area contributed by atoms with Crippen molar-refractivity contribution in [2.45, 2.75) is 39.2 Å². The lowest BCUT2D eigenvalue weighted by atomic mass is 10.1. The minimum absolute atomic E-state index is 0.0292. The van der Waals surface area contributed by atoms with E-state index < -0.39 is 0 Å². The lowest BCUT2D eigenvalue weighted by Crippen LogP contribution is -2.32. The normalized spacial score (nSPS) is 11.7. The summed E-state index contributed by atoms with van der Waals surface area (Å²) in [6.07, 6.45) is 3.63. The molecule has 2 amide bonds.